The van der Waals surface area contributed by atoms with E-state index in [-0.39, 0.29) is 18.3 Å². The summed E-state index contributed by atoms with van der Waals surface area (Å²) in [5, 5.41) is 16.1. The van der Waals surface area contributed by atoms with Gasteiger partial charge in [-0.25, -0.2) is 0 Å². The standard InChI is InChI=1S/C15H17ClN4OS.ClH/c16-12-3-1-2-11(6-12)7-14-19-20-15(22-14)18-13(21)9-17-8-10-4-5-10;/h1-3,6,10,17H,4-5,7-9H2,(H,18,20,21);1H. The van der Waals surface area contributed by atoms with E-state index in [0.29, 0.717) is 23.1 Å². The number of anilines is 1. The molecule has 1 aliphatic rings. The molecule has 0 unspecified atom stereocenters. The summed E-state index contributed by atoms with van der Waals surface area (Å²) in [5.74, 6) is 0.685. The van der Waals surface area contributed by atoms with Gasteiger partial charge in [0, 0.05) is 11.4 Å². The predicted octanol–water partition coefficient (Wildman–Crippen LogP) is 3.14. The third-order valence-electron chi connectivity index (χ3n) is 3.37. The smallest absolute Gasteiger partial charge is 0.240 e. The SMILES string of the molecule is Cl.O=C(CNCC1CC1)Nc1nnc(Cc2cccc(Cl)c2)s1. The predicted molar refractivity (Wildman–Crippen MR) is 95.6 cm³/mol. The molecular formula is C15H18Cl2N4OS. The number of halogens is 2. The van der Waals surface area contributed by atoms with Gasteiger partial charge in [0.25, 0.3) is 0 Å². The first-order chi connectivity index (χ1) is 10.7. The molecule has 5 nitrogen and oxygen atoms in total. The van der Waals surface area contributed by atoms with Crippen molar-refractivity contribution >= 4 is 46.4 Å². The number of nitrogens with one attached hydrogen (secondary N) is 2. The molecule has 0 saturated heterocycles. The van der Waals surface area contributed by atoms with Gasteiger partial charge >= 0.3 is 0 Å². The van der Waals surface area contributed by atoms with Crippen LogP contribution in [0.15, 0.2) is 24.3 Å². The van der Waals surface area contributed by atoms with Gasteiger partial charge in [-0.15, -0.1) is 22.6 Å². The van der Waals surface area contributed by atoms with Gasteiger partial charge in [-0.3, -0.25) is 10.1 Å². The third kappa shape index (κ3) is 6.06. The van der Waals surface area contributed by atoms with E-state index in [1.165, 1.54) is 24.2 Å². The maximum atomic E-state index is 11.8. The third-order valence-corrected chi connectivity index (χ3v) is 4.45. The van der Waals surface area contributed by atoms with Gasteiger partial charge in [0.05, 0.1) is 6.54 Å². The minimum absolute atomic E-state index is 0. The van der Waals surface area contributed by atoms with Crippen LogP contribution in [-0.4, -0.2) is 29.2 Å². The highest BCUT2D eigenvalue weighted by atomic mass is 35.5. The van der Waals surface area contributed by atoms with Crippen molar-refractivity contribution in [3.63, 3.8) is 0 Å². The van der Waals surface area contributed by atoms with Crippen LogP contribution in [0.1, 0.15) is 23.4 Å². The van der Waals surface area contributed by atoms with Crippen molar-refractivity contribution in [3.8, 4) is 0 Å². The summed E-state index contributed by atoms with van der Waals surface area (Å²) in [6.07, 6.45) is 3.21. The topological polar surface area (TPSA) is 66.9 Å². The van der Waals surface area contributed by atoms with Crippen LogP contribution in [0.2, 0.25) is 5.02 Å². The van der Waals surface area contributed by atoms with Crippen molar-refractivity contribution in [2.45, 2.75) is 19.3 Å². The first-order valence-corrected chi connectivity index (χ1v) is 8.46. The molecule has 1 saturated carbocycles. The van der Waals surface area contributed by atoms with Crippen LogP contribution in [0.5, 0.6) is 0 Å². The first kappa shape index (κ1) is 18.1. The Morgan fingerprint density at radius 2 is 2.17 bits per heavy atom. The van der Waals surface area contributed by atoms with Crippen LogP contribution in [0.4, 0.5) is 5.13 Å². The second-order valence-electron chi connectivity index (χ2n) is 5.43. The minimum Gasteiger partial charge on any atom is -0.308 e. The molecule has 0 atom stereocenters. The molecule has 3 rings (SSSR count). The van der Waals surface area contributed by atoms with Crippen molar-refractivity contribution < 1.29 is 4.79 Å². The molecule has 1 aromatic carbocycles. The molecule has 0 aliphatic heterocycles. The van der Waals surface area contributed by atoms with E-state index in [9.17, 15) is 4.79 Å². The second kappa shape index (κ2) is 8.59. The fraction of sp³-hybridized carbons (Fsp3) is 0.400. The lowest BCUT2D eigenvalue weighted by molar-refractivity contribution is -0.115. The summed E-state index contributed by atoms with van der Waals surface area (Å²) >= 11 is 7.35. The van der Waals surface area contributed by atoms with Crippen LogP contribution >= 0.6 is 35.3 Å². The molecule has 2 N–H and O–H groups in total. The average Bonchev–Trinajstić information content (AvgIpc) is 3.20. The summed E-state index contributed by atoms with van der Waals surface area (Å²) in [7, 11) is 0. The molecule has 1 amide bonds. The lowest BCUT2D eigenvalue weighted by Gasteiger charge is -2.02. The summed E-state index contributed by atoms with van der Waals surface area (Å²) in [5.41, 5.74) is 1.08. The highest BCUT2D eigenvalue weighted by molar-refractivity contribution is 7.15. The highest BCUT2D eigenvalue weighted by Crippen LogP contribution is 2.27. The van der Waals surface area contributed by atoms with Gasteiger partial charge in [0.2, 0.25) is 11.0 Å². The quantitative estimate of drug-likeness (QED) is 0.783. The van der Waals surface area contributed by atoms with E-state index in [2.05, 4.69) is 20.8 Å². The van der Waals surface area contributed by atoms with Crippen molar-refractivity contribution in [2.24, 2.45) is 5.92 Å². The number of carbonyl (C=O) groups excluding carboxylic acids is 1. The normalized spacial score (nSPS) is 13.4. The fourth-order valence-corrected chi connectivity index (χ4v) is 3.08. The van der Waals surface area contributed by atoms with Crippen molar-refractivity contribution in [1.29, 1.82) is 0 Å². The minimum atomic E-state index is -0.0777. The maximum absolute atomic E-state index is 11.8. The van der Waals surface area contributed by atoms with Gasteiger partial charge < -0.3 is 5.32 Å². The Morgan fingerprint density at radius 3 is 2.91 bits per heavy atom. The van der Waals surface area contributed by atoms with Gasteiger partial charge in [-0.05, 0) is 43.0 Å². The first-order valence-electron chi connectivity index (χ1n) is 7.26. The zero-order valence-corrected chi connectivity index (χ0v) is 14.8. The number of nitrogens with zero attached hydrogens (tertiary/aromatic N) is 2. The Balaban J connectivity index is 0.00000192. The summed E-state index contributed by atoms with van der Waals surface area (Å²) in [4.78, 5) is 11.8. The molecular weight excluding hydrogens is 355 g/mol. The van der Waals surface area contributed by atoms with Crippen LogP contribution in [0, 0.1) is 5.92 Å². The average molecular weight is 373 g/mol. The Labute approximate surface area is 150 Å². The van der Waals surface area contributed by atoms with Crippen molar-refractivity contribution in [3.05, 3.63) is 39.9 Å². The van der Waals surface area contributed by atoms with Gasteiger partial charge in [0.1, 0.15) is 5.01 Å². The Hall–Kier alpha value is -1.21. The molecule has 23 heavy (non-hydrogen) atoms. The van der Waals surface area contributed by atoms with Crippen LogP contribution in [-0.2, 0) is 11.2 Å². The van der Waals surface area contributed by atoms with Crippen molar-refractivity contribution in [2.75, 3.05) is 18.4 Å². The van der Waals surface area contributed by atoms with Gasteiger partial charge in [-0.1, -0.05) is 35.1 Å². The van der Waals surface area contributed by atoms with E-state index >= 15 is 0 Å². The molecule has 1 aliphatic carbocycles. The fourth-order valence-electron chi connectivity index (χ4n) is 2.07. The van der Waals surface area contributed by atoms with Crippen LogP contribution < -0.4 is 10.6 Å². The molecule has 0 radical (unpaired) electrons. The lowest BCUT2D eigenvalue weighted by atomic mass is 10.2. The van der Waals surface area contributed by atoms with Crippen LogP contribution in [0.25, 0.3) is 0 Å². The second-order valence-corrected chi connectivity index (χ2v) is 6.93. The summed E-state index contributed by atoms with van der Waals surface area (Å²) < 4.78 is 0. The Kier molecular flexibility index (Phi) is 6.77. The van der Waals surface area contributed by atoms with Crippen LogP contribution in [0.3, 0.4) is 0 Å². The summed E-state index contributed by atoms with van der Waals surface area (Å²) in [6.45, 7) is 1.24. The van der Waals surface area contributed by atoms with E-state index in [1.807, 2.05) is 24.3 Å². The number of hydrogen-bond acceptors (Lipinski definition) is 5. The highest BCUT2D eigenvalue weighted by Gasteiger charge is 2.20. The van der Waals surface area contributed by atoms with E-state index in [0.717, 1.165) is 23.0 Å². The number of hydrogen-bond donors (Lipinski definition) is 2. The van der Waals surface area contributed by atoms with Crippen molar-refractivity contribution in [1.82, 2.24) is 15.5 Å². The Bertz CT molecular complexity index is 660. The van der Waals surface area contributed by atoms with E-state index in [1.54, 1.807) is 0 Å². The largest absolute Gasteiger partial charge is 0.308 e. The number of carbonyl (C=O) groups is 1. The molecule has 1 aromatic heterocycles. The summed E-state index contributed by atoms with van der Waals surface area (Å²) in [6, 6.07) is 7.65. The zero-order chi connectivity index (χ0) is 15.4. The number of aromatic nitrogens is 2. The zero-order valence-electron chi connectivity index (χ0n) is 12.4. The maximum Gasteiger partial charge on any atom is 0.240 e. The molecule has 0 spiro atoms. The number of rotatable bonds is 7. The molecule has 0 bridgehead atoms. The number of benzene rings is 1. The molecule has 1 fully saturated rings. The molecule has 1 heterocycles. The molecule has 2 aromatic rings. The monoisotopic (exact) mass is 372 g/mol. The van der Waals surface area contributed by atoms with E-state index in [4.69, 9.17) is 11.6 Å². The van der Waals surface area contributed by atoms with E-state index < -0.39 is 0 Å². The lowest BCUT2D eigenvalue weighted by Crippen LogP contribution is -2.29. The number of amides is 1. The van der Waals surface area contributed by atoms with Gasteiger partial charge in [0.15, 0.2) is 0 Å². The molecule has 124 valence electrons. The Morgan fingerprint density at radius 1 is 1.35 bits per heavy atom. The molecule has 8 heteroatoms. The van der Waals surface area contributed by atoms with Gasteiger partial charge in [-0.2, -0.15) is 0 Å².